The molecule has 19 heavy (non-hydrogen) atoms. The summed E-state index contributed by atoms with van der Waals surface area (Å²) < 4.78 is 4.65. The van der Waals surface area contributed by atoms with Crippen LogP contribution in [0.5, 0.6) is 0 Å². The molecule has 0 spiro atoms. The number of halogens is 1. The number of ether oxygens (including phenoxy) is 1. The van der Waals surface area contributed by atoms with Gasteiger partial charge in [-0.25, -0.2) is 9.78 Å². The van der Waals surface area contributed by atoms with Crippen LogP contribution < -0.4 is 5.32 Å². The van der Waals surface area contributed by atoms with Crippen LogP contribution in [-0.4, -0.2) is 49.6 Å². The van der Waals surface area contributed by atoms with E-state index in [1.807, 2.05) is 0 Å². The van der Waals surface area contributed by atoms with Gasteiger partial charge in [0, 0.05) is 6.54 Å². The van der Waals surface area contributed by atoms with Crippen LogP contribution in [0.1, 0.15) is 22.5 Å². The molecule has 0 aromatic carbocycles. The normalized spacial score (nSPS) is 17.4. The number of nitrogens with zero attached hydrogens (tertiary/aromatic N) is 2. The van der Waals surface area contributed by atoms with Gasteiger partial charge in [-0.15, -0.1) is 0 Å². The van der Waals surface area contributed by atoms with Crippen molar-refractivity contribution in [2.75, 3.05) is 39.1 Å². The number of likely N-dealkylation sites (tertiary alicyclic amines) is 1. The van der Waals surface area contributed by atoms with E-state index in [9.17, 15) is 4.79 Å². The largest absolute Gasteiger partial charge is 0.465 e. The first-order chi connectivity index (χ1) is 9.10. The second-order valence-electron chi connectivity index (χ2n) is 4.76. The molecule has 1 aromatic heterocycles. The lowest BCUT2D eigenvalue weighted by atomic mass is 9.97. The molecule has 1 fully saturated rings. The molecule has 1 aromatic rings. The molecule has 0 radical (unpaired) electrons. The van der Waals surface area contributed by atoms with E-state index in [4.69, 9.17) is 11.6 Å². The van der Waals surface area contributed by atoms with Crippen molar-refractivity contribution in [3.63, 3.8) is 0 Å². The third-order valence-corrected chi connectivity index (χ3v) is 4.72. The first-order valence-electron chi connectivity index (χ1n) is 6.27. The fourth-order valence-corrected chi connectivity index (χ4v) is 3.20. The Balaban J connectivity index is 1.88. The molecule has 0 aliphatic carbocycles. The zero-order chi connectivity index (χ0) is 13.8. The predicted octanol–water partition coefficient (Wildman–Crippen LogP) is 2.34. The van der Waals surface area contributed by atoms with Crippen molar-refractivity contribution in [1.29, 1.82) is 0 Å². The summed E-state index contributed by atoms with van der Waals surface area (Å²) >= 11 is 7.15. The topological polar surface area (TPSA) is 54.5 Å². The van der Waals surface area contributed by atoms with Crippen molar-refractivity contribution >= 4 is 34.0 Å². The first kappa shape index (κ1) is 14.6. The predicted molar refractivity (Wildman–Crippen MR) is 77.2 cm³/mol. The SMILES string of the molecule is COC(=O)c1sc(NCC2CCN(C)CC2)nc1Cl. The van der Waals surface area contributed by atoms with E-state index < -0.39 is 5.97 Å². The van der Waals surface area contributed by atoms with Crippen LogP contribution in [0.15, 0.2) is 0 Å². The zero-order valence-electron chi connectivity index (χ0n) is 11.1. The molecule has 0 atom stereocenters. The second-order valence-corrected chi connectivity index (χ2v) is 6.12. The van der Waals surface area contributed by atoms with Gasteiger partial charge in [0.1, 0.15) is 0 Å². The Morgan fingerprint density at radius 1 is 1.58 bits per heavy atom. The monoisotopic (exact) mass is 303 g/mol. The number of carbonyl (C=O) groups is 1. The fraction of sp³-hybridized carbons (Fsp3) is 0.667. The van der Waals surface area contributed by atoms with Gasteiger partial charge in [-0.1, -0.05) is 22.9 Å². The van der Waals surface area contributed by atoms with Crippen LogP contribution in [0.4, 0.5) is 5.13 Å². The Morgan fingerprint density at radius 2 is 2.26 bits per heavy atom. The number of anilines is 1. The van der Waals surface area contributed by atoms with Crippen molar-refractivity contribution in [1.82, 2.24) is 9.88 Å². The van der Waals surface area contributed by atoms with E-state index in [1.54, 1.807) is 0 Å². The number of piperidine rings is 1. The van der Waals surface area contributed by atoms with Crippen molar-refractivity contribution < 1.29 is 9.53 Å². The lowest BCUT2D eigenvalue weighted by Crippen LogP contribution is -2.32. The molecule has 0 unspecified atom stereocenters. The highest BCUT2D eigenvalue weighted by Gasteiger charge is 2.19. The summed E-state index contributed by atoms with van der Waals surface area (Å²) in [6.45, 7) is 3.15. The van der Waals surface area contributed by atoms with Crippen molar-refractivity contribution in [3.8, 4) is 0 Å². The number of aromatic nitrogens is 1. The van der Waals surface area contributed by atoms with E-state index in [1.165, 1.54) is 31.3 Å². The summed E-state index contributed by atoms with van der Waals surface area (Å²) in [5.74, 6) is 0.218. The Labute approximate surface area is 121 Å². The minimum atomic E-state index is -0.435. The molecule has 0 bridgehead atoms. The Kier molecular flexibility index (Phi) is 5.01. The highest BCUT2D eigenvalue weighted by Crippen LogP contribution is 2.28. The molecule has 0 amide bonds. The van der Waals surface area contributed by atoms with Crippen LogP contribution in [0, 0.1) is 5.92 Å². The summed E-state index contributed by atoms with van der Waals surface area (Å²) in [6, 6.07) is 0. The summed E-state index contributed by atoms with van der Waals surface area (Å²) in [4.78, 5) is 18.3. The van der Waals surface area contributed by atoms with Gasteiger partial charge in [-0.05, 0) is 38.9 Å². The number of esters is 1. The minimum Gasteiger partial charge on any atom is -0.465 e. The van der Waals surface area contributed by atoms with Crippen LogP contribution in [0.3, 0.4) is 0 Å². The van der Waals surface area contributed by atoms with Crippen molar-refractivity contribution in [2.45, 2.75) is 12.8 Å². The quantitative estimate of drug-likeness (QED) is 0.865. The molecule has 1 aliphatic rings. The van der Waals surface area contributed by atoms with E-state index in [2.05, 4.69) is 27.0 Å². The lowest BCUT2D eigenvalue weighted by Gasteiger charge is -2.28. The van der Waals surface area contributed by atoms with Crippen molar-refractivity contribution in [3.05, 3.63) is 10.0 Å². The maximum atomic E-state index is 11.4. The van der Waals surface area contributed by atoms with Crippen LogP contribution in [0.25, 0.3) is 0 Å². The van der Waals surface area contributed by atoms with Crippen LogP contribution in [-0.2, 0) is 4.74 Å². The number of hydrogen-bond acceptors (Lipinski definition) is 6. The smallest absolute Gasteiger partial charge is 0.351 e. The number of nitrogens with one attached hydrogen (secondary N) is 1. The first-order valence-corrected chi connectivity index (χ1v) is 7.46. The summed E-state index contributed by atoms with van der Waals surface area (Å²) in [5.41, 5.74) is 0. The van der Waals surface area contributed by atoms with Gasteiger partial charge in [-0.3, -0.25) is 0 Å². The molecule has 2 heterocycles. The van der Waals surface area contributed by atoms with Crippen molar-refractivity contribution in [2.24, 2.45) is 5.92 Å². The van der Waals surface area contributed by atoms with Gasteiger partial charge in [-0.2, -0.15) is 0 Å². The molecular formula is C12H18ClN3O2S. The highest BCUT2D eigenvalue weighted by molar-refractivity contribution is 7.18. The molecule has 1 N–H and O–H groups in total. The van der Waals surface area contributed by atoms with Gasteiger partial charge in [0.05, 0.1) is 7.11 Å². The van der Waals surface area contributed by atoms with Gasteiger partial charge >= 0.3 is 5.97 Å². The summed E-state index contributed by atoms with van der Waals surface area (Å²) in [5, 5.41) is 4.16. The minimum absolute atomic E-state index is 0.211. The molecule has 0 saturated carbocycles. The summed E-state index contributed by atoms with van der Waals surface area (Å²) in [7, 11) is 3.48. The standard InChI is InChI=1S/C12H18ClN3O2S/c1-16-5-3-8(4-6-16)7-14-12-15-10(13)9(19-12)11(17)18-2/h8H,3-7H2,1-2H3,(H,14,15). The molecule has 7 heteroatoms. The highest BCUT2D eigenvalue weighted by atomic mass is 35.5. The third-order valence-electron chi connectivity index (χ3n) is 3.34. The van der Waals surface area contributed by atoms with Crippen LogP contribution >= 0.6 is 22.9 Å². The van der Waals surface area contributed by atoms with Gasteiger partial charge in [0.2, 0.25) is 0 Å². The van der Waals surface area contributed by atoms with E-state index in [0.29, 0.717) is 15.9 Å². The fourth-order valence-electron chi connectivity index (χ4n) is 2.09. The number of thiazole rings is 1. The van der Waals surface area contributed by atoms with Gasteiger partial charge in [0.25, 0.3) is 0 Å². The number of methoxy groups -OCH3 is 1. The van der Waals surface area contributed by atoms with E-state index in [-0.39, 0.29) is 5.15 Å². The second kappa shape index (κ2) is 6.54. The molecule has 5 nitrogen and oxygen atoms in total. The average molecular weight is 304 g/mol. The average Bonchev–Trinajstić information content (AvgIpc) is 2.78. The lowest BCUT2D eigenvalue weighted by molar-refractivity contribution is 0.0606. The molecule has 1 aliphatic heterocycles. The van der Waals surface area contributed by atoms with E-state index in [0.717, 1.165) is 19.6 Å². The number of rotatable bonds is 4. The Morgan fingerprint density at radius 3 is 2.89 bits per heavy atom. The molecule has 106 valence electrons. The van der Waals surface area contributed by atoms with Gasteiger partial charge in [0.15, 0.2) is 15.2 Å². The maximum absolute atomic E-state index is 11.4. The maximum Gasteiger partial charge on any atom is 0.351 e. The molecular weight excluding hydrogens is 286 g/mol. The Hall–Kier alpha value is -0.850. The Bertz CT molecular complexity index is 444. The zero-order valence-corrected chi connectivity index (χ0v) is 12.7. The molecule has 2 rings (SSSR count). The van der Waals surface area contributed by atoms with E-state index >= 15 is 0 Å². The third kappa shape index (κ3) is 3.81. The molecule has 1 saturated heterocycles. The van der Waals surface area contributed by atoms with Gasteiger partial charge < -0.3 is 15.0 Å². The number of hydrogen-bond donors (Lipinski definition) is 1. The van der Waals surface area contributed by atoms with Crippen LogP contribution in [0.2, 0.25) is 5.15 Å². The number of carbonyl (C=O) groups excluding carboxylic acids is 1. The summed E-state index contributed by atoms with van der Waals surface area (Å²) in [6.07, 6.45) is 2.37.